The molecule has 0 saturated heterocycles. The first-order valence-corrected chi connectivity index (χ1v) is 6.89. The first-order chi connectivity index (χ1) is 8.38. The molecule has 2 atom stereocenters. The van der Waals surface area contributed by atoms with E-state index in [0.29, 0.717) is 17.9 Å². The fraction of sp³-hybridized carbons (Fsp3) is 0.846. The second-order valence-corrected chi connectivity index (χ2v) is 5.40. The van der Waals surface area contributed by atoms with Gasteiger partial charge in [0.15, 0.2) is 5.82 Å². The van der Waals surface area contributed by atoms with Crippen LogP contribution < -0.4 is 5.32 Å². The summed E-state index contributed by atoms with van der Waals surface area (Å²) in [5.74, 6) is 2.82. The molecule has 0 spiro atoms. The number of nitrogens with zero attached hydrogens (tertiary/aromatic N) is 2. The molecule has 17 heavy (non-hydrogen) atoms. The Morgan fingerprint density at radius 3 is 2.71 bits per heavy atom. The van der Waals surface area contributed by atoms with Crippen molar-refractivity contribution in [2.75, 3.05) is 7.05 Å². The Kier molecular flexibility index (Phi) is 3.14. The molecule has 2 fully saturated rings. The minimum absolute atomic E-state index is 0.419. The SMILES string of the molecule is CNC1CCCCCC1c1nc(C2CC2)no1. The van der Waals surface area contributed by atoms with E-state index < -0.39 is 0 Å². The van der Waals surface area contributed by atoms with Crippen LogP contribution in [-0.4, -0.2) is 23.2 Å². The zero-order valence-corrected chi connectivity index (χ0v) is 10.5. The fourth-order valence-electron chi connectivity index (χ4n) is 2.85. The van der Waals surface area contributed by atoms with E-state index in [1.807, 2.05) is 7.05 Å². The van der Waals surface area contributed by atoms with Gasteiger partial charge in [-0.05, 0) is 32.7 Å². The quantitative estimate of drug-likeness (QED) is 0.818. The molecule has 2 unspecified atom stereocenters. The van der Waals surface area contributed by atoms with Crippen molar-refractivity contribution in [3.05, 3.63) is 11.7 Å². The summed E-state index contributed by atoms with van der Waals surface area (Å²) in [6.07, 6.45) is 8.80. The highest BCUT2D eigenvalue weighted by Crippen LogP contribution is 2.39. The van der Waals surface area contributed by atoms with E-state index in [0.717, 1.165) is 11.7 Å². The molecule has 0 amide bonds. The monoisotopic (exact) mass is 235 g/mol. The van der Waals surface area contributed by atoms with E-state index >= 15 is 0 Å². The Balaban J connectivity index is 1.78. The van der Waals surface area contributed by atoms with Gasteiger partial charge in [0.25, 0.3) is 0 Å². The summed E-state index contributed by atoms with van der Waals surface area (Å²) < 4.78 is 5.49. The predicted octanol–water partition coefficient (Wildman–Crippen LogP) is 2.58. The van der Waals surface area contributed by atoms with Gasteiger partial charge in [-0.1, -0.05) is 24.4 Å². The molecule has 0 radical (unpaired) electrons. The van der Waals surface area contributed by atoms with E-state index in [9.17, 15) is 0 Å². The first kappa shape index (κ1) is 11.2. The lowest BCUT2D eigenvalue weighted by atomic mass is 9.95. The van der Waals surface area contributed by atoms with Crippen LogP contribution in [0.5, 0.6) is 0 Å². The normalized spacial score (nSPS) is 30.2. The van der Waals surface area contributed by atoms with Gasteiger partial charge in [0.05, 0.1) is 5.92 Å². The zero-order chi connectivity index (χ0) is 11.7. The Bertz CT molecular complexity index is 372. The van der Waals surface area contributed by atoms with E-state index in [1.165, 1.54) is 44.9 Å². The van der Waals surface area contributed by atoms with E-state index in [4.69, 9.17) is 4.52 Å². The lowest BCUT2D eigenvalue weighted by molar-refractivity contribution is 0.309. The molecule has 2 aliphatic carbocycles. The minimum atomic E-state index is 0.419. The minimum Gasteiger partial charge on any atom is -0.339 e. The molecule has 4 nitrogen and oxygen atoms in total. The van der Waals surface area contributed by atoms with Gasteiger partial charge in [-0.3, -0.25) is 0 Å². The summed E-state index contributed by atoms with van der Waals surface area (Å²) in [6.45, 7) is 0. The Hall–Kier alpha value is -0.900. The molecule has 3 rings (SSSR count). The highest BCUT2D eigenvalue weighted by atomic mass is 16.5. The highest BCUT2D eigenvalue weighted by molar-refractivity contribution is 5.07. The first-order valence-electron chi connectivity index (χ1n) is 6.89. The third kappa shape index (κ3) is 2.37. The van der Waals surface area contributed by atoms with Gasteiger partial charge in [0, 0.05) is 12.0 Å². The van der Waals surface area contributed by atoms with Crippen LogP contribution in [0.2, 0.25) is 0 Å². The maximum absolute atomic E-state index is 5.49. The van der Waals surface area contributed by atoms with Crippen molar-refractivity contribution in [1.82, 2.24) is 15.5 Å². The number of hydrogen-bond donors (Lipinski definition) is 1. The Labute approximate surface area is 102 Å². The standard InChI is InChI=1S/C13H21N3O/c1-14-11-6-4-2-3-5-10(11)13-15-12(16-17-13)9-7-8-9/h9-11,14H,2-8H2,1H3. The second kappa shape index (κ2) is 4.77. The molecule has 1 aromatic heterocycles. The van der Waals surface area contributed by atoms with Gasteiger partial charge in [-0.15, -0.1) is 0 Å². The smallest absolute Gasteiger partial charge is 0.231 e. The van der Waals surface area contributed by atoms with Crippen LogP contribution in [-0.2, 0) is 0 Å². The summed E-state index contributed by atoms with van der Waals surface area (Å²) >= 11 is 0. The van der Waals surface area contributed by atoms with Gasteiger partial charge < -0.3 is 9.84 Å². The van der Waals surface area contributed by atoms with Crippen molar-refractivity contribution in [3.63, 3.8) is 0 Å². The molecular weight excluding hydrogens is 214 g/mol. The van der Waals surface area contributed by atoms with Crippen LogP contribution in [0.25, 0.3) is 0 Å². The summed E-state index contributed by atoms with van der Waals surface area (Å²) in [6, 6.07) is 0.505. The van der Waals surface area contributed by atoms with Gasteiger partial charge >= 0.3 is 0 Å². The maximum atomic E-state index is 5.49. The van der Waals surface area contributed by atoms with Crippen molar-refractivity contribution in [3.8, 4) is 0 Å². The third-order valence-corrected chi connectivity index (χ3v) is 4.10. The van der Waals surface area contributed by atoms with Crippen LogP contribution in [0.3, 0.4) is 0 Å². The Morgan fingerprint density at radius 1 is 1.12 bits per heavy atom. The zero-order valence-electron chi connectivity index (χ0n) is 10.5. The van der Waals surface area contributed by atoms with Gasteiger partial charge in [-0.25, -0.2) is 0 Å². The van der Waals surface area contributed by atoms with Crippen molar-refractivity contribution >= 4 is 0 Å². The Morgan fingerprint density at radius 2 is 1.94 bits per heavy atom. The highest BCUT2D eigenvalue weighted by Gasteiger charge is 2.32. The average molecular weight is 235 g/mol. The topological polar surface area (TPSA) is 51.0 Å². The van der Waals surface area contributed by atoms with Crippen LogP contribution in [0.15, 0.2) is 4.52 Å². The van der Waals surface area contributed by atoms with Gasteiger partial charge in [0.1, 0.15) is 0 Å². The molecule has 0 aliphatic heterocycles. The van der Waals surface area contributed by atoms with Crippen molar-refractivity contribution in [2.45, 2.75) is 62.8 Å². The number of nitrogens with one attached hydrogen (secondary N) is 1. The largest absolute Gasteiger partial charge is 0.339 e. The molecule has 1 aromatic rings. The summed E-state index contributed by atoms with van der Waals surface area (Å²) in [7, 11) is 2.04. The van der Waals surface area contributed by atoms with Crippen molar-refractivity contribution in [2.24, 2.45) is 0 Å². The third-order valence-electron chi connectivity index (χ3n) is 4.10. The summed E-state index contributed by atoms with van der Waals surface area (Å²) in [5, 5.41) is 7.56. The molecule has 0 aromatic carbocycles. The van der Waals surface area contributed by atoms with Crippen LogP contribution >= 0.6 is 0 Å². The fourth-order valence-corrected chi connectivity index (χ4v) is 2.85. The summed E-state index contributed by atoms with van der Waals surface area (Å²) in [5.41, 5.74) is 0. The van der Waals surface area contributed by atoms with Gasteiger partial charge in [0.2, 0.25) is 5.89 Å². The number of aromatic nitrogens is 2. The molecule has 4 heteroatoms. The molecule has 0 bridgehead atoms. The van der Waals surface area contributed by atoms with Crippen molar-refractivity contribution in [1.29, 1.82) is 0 Å². The van der Waals surface area contributed by atoms with E-state index in [2.05, 4.69) is 15.5 Å². The lowest BCUT2D eigenvalue weighted by Crippen LogP contribution is -2.31. The predicted molar refractivity (Wildman–Crippen MR) is 64.9 cm³/mol. The van der Waals surface area contributed by atoms with E-state index in [1.54, 1.807) is 0 Å². The number of hydrogen-bond acceptors (Lipinski definition) is 4. The molecule has 2 aliphatic rings. The maximum Gasteiger partial charge on any atom is 0.231 e. The number of rotatable bonds is 3. The van der Waals surface area contributed by atoms with Crippen molar-refractivity contribution < 1.29 is 4.52 Å². The summed E-state index contributed by atoms with van der Waals surface area (Å²) in [4.78, 5) is 4.62. The van der Waals surface area contributed by atoms with Crippen LogP contribution in [0.1, 0.15) is 68.5 Å². The molecule has 94 valence electrons. The average Bonchev–Trinajstić information content (AvgIpc) is 3.13. The molecule has 2 saturated carbocycles. The molecule has 1 N–H and O–H groups in total. The second-order valence-electron chi connectivity index (χ2n) is 5.40. The number of likely N-dealkylation sites (N-methyl/N-ethyl adjacent to an activating group) is 1. The van der Waals surface area contributed by atoms with Gasteiger partial charge in [-0.2, -0.15) is 4.98 Å². The lowest BCUT2D eigenvalue weighted by Gasteiger charge is -2.20. The van der Waals surface area contributed by atoms with Crippen LogP contribution in [0.4, 0.5) is 0 Å². The van der Waals surface area contributed by atoms with E-state index in [-0.39, 0.29) is 0 Å². The van der Waals surface area contributed by atoms with Crippen LogP contribution in [0, 0.1) is 0 Å². The molecular formula is C13H21N3O. The molecule has 1 heterocycles.